The molecule has 1 aliphatic carbocycles. The summed E-state index contributed by atoms with van der Waals surface area (Å²) in [5, 5.41) is 0. The third kappa shape index (κ3) is 3.46. The predicted octanol–water partition coefficient (Wildman–Crippen LogP) is 2.26. The molecule has 0 unspecified atom stereocenters. The van der Waals surface area contributed by atoms with Gasteiger partial charge in [-0.25, -0.2) is 9.69 Å². The Kier molecular flexibility index (Phi) is 5.67. The van der Waals surface area contributed by atoms with E-state index < -0.39 is 30.2 Å². The van der Waals surface area contributed by atoms with Gasteiger partial charge in [-0.3, -0.25) is 19.3 Å². The zero-order chi connectivity index (χ0) is 20.4. The standard InChI is InChI=1S/C20H24N2O6/c1-12-6-4-5-7-15(12)22-19(25)18(24)21(20(22)26)11-16(23)14-10-13(27-2)8-9-17(14)28-3/h8-10,12,15H,4-7,11H2,1-3H3/t12-,15-/m1/s1. The molecular weight excluding hydrogens is 364 g/mol. The van der Waals surface area contributed by atoms with E-state index in [0.29, 0.717) is 17.9 Å². The molecule has 0 N–H and O–H groups in total. The number of carbonyl (C=O) groups excluding carboxylic acids is 4. The molecule has 1 heterocycles. The first kappa shape index (κ1) is 19.9. The van der Waals surface area contributed by atoms with Crippen molar-refractivity contribution in [2.24, 2.45) is 5.92 Å². The highest BCUT2D eigenvalue weighted by molar-refractivity contribution is 6.45. The lowest BCUT2D eigenvalue weighted by atomic mass is 9.85. The first-order valence-electron chi connectivity index (χ1n) is 9.33. The van der Waals surface area contributed by atoms with E-state index >= 15 is 0 Å². The number of nitrogens with zero attached hydrogens (tertiary/aromatic N) is 2. The van der Waals surface area contributed by atoms with E-state index in [4.69, 9.17) is 9.47 Å². The number of benzene rings is 1. The van der Waals surface area contributed by atoms with Crippen molar-refractivity contribution < 1.29 is 28.7 Å². The molecule has 1 aromatic carbocycles. The quantitative estimate of drug-likeness (QED) is 0.422. The Balaban J connectivity index is 1.82. The number of rotatable bonds is 6. The third-order valence-electron chi connectivity index (χ3n) is 5.49. The summed E-state index contributed by atoms with van der Waals surface area (Å²) in [6.45, 7) is 1.45. The lowest BCUT2D eigenvalue weighted by molar-refractivity contribution is -0.144. The summed E-state index contributed by atoms with van der Waals surface area (Å²) >= 11 is 0. The Hall–Kier alpha value is -2.90. The third-order valence-corrected chi connectivity index (χ3v) is 5.49. The van der Waals surface area contributed by atoms with Gasteiger partial charge in [-0.15, -0.1) is 0 Å². The highest BCUT2D eigenvalue weighted by Gasteiger charge is 2.49. The summed E-state index contributed by atoms with van der Waals surface area (Å²) in [5.74, 6) is -1.45. The average Bonchev–Trinajstić information content (AvgIpc) is 2.91. The molecule has 150 valence electrons. The van der Waals surface area contributed by atoms with Crippen molar-refractivity contribution in [2.45, 2.75) is 38.6 Å². The van der Waals surface area contributed by atoms with Crippen LogP contribution in [0.25, 0.3) is 0 Å². The van der Waals surface area contributed by atoms with Crippen molar-refractivity contribution in [1.82, 2.24) is 9.80 Å². The van der Waals surface area contributed by atoms with Crippen molar-refractivity contribution >= 4 is 23.6 Å². The monoisotopic (exact) mass is 388 g/mol. The van der Waals surface area contributed by atoms with Gasteiger partial charge in [0.15, 0.2) is 5.78 Å². The van der Waals surface area contributed by atoms with Gasteiger partial charge in [0.05, 0.1) is 26.3 Å². The van der Waals surface area contributed by atoms with Gasteiger partial charge in [-0.2, -0.15) is 0 Å². The summed E-state index contributed by atoms with van der Waals surface area (Å²) in [6, 6.07) is 3.67. The van der Waals surface area contributed by atoms with Crippen LogP contribution < -0.4 is 9.47 Å². The largest absolute Gasteiger partial charge is 0.497 e. The topological polar surface area (TPSA) is 93.2 Å². The molecule has 0 spiro atoms. The Bertz CT molecular complexity index is 821. The maximum absolute atomic E-state index is 12.8. The zero-order valence-electron chi connectivity index (χ0n) is 16.3. The predicted molar refractivity (Wildman–Crippen MR) is 99.3 cm³/mol. The molecule has 0 radical (unpaired) electrons. The SMILES string of the molecule is COc1ccc(OC)c(C(=O)CN2C(=O)C(=O)N([C@@H]3CCCC[C@H]3C)C2=O)c1. The lowest BCUT2D eigenvalue weighted by Gasteiger charge is -2.34. The summed E-state index contributed by atoms with van der Waals surface area (Å²) in [7, 11) is 2.88. The van der Waals surface area contributed by atoms with Crippen LogP contribution in [0.1, 0.15) is 43.0 Å². The van der Waals surface area contributed by atoms with E-state index in [0.717, 1.165) is 29.1 Å². The molecule has 1 saturated carbocycles. The molecule has 0 aromatic heterocycles. The molecule has 2 aliphatic rings. The first-order valence-corrected chi connectivity index (χ1v) is 9.33. The minimum Gasteiger partial charge on any atom is -0.497 e. The van der Waals surface area contributed by atoms with Gasteiger partial charge < -0.3 is 9.47 Å². The first-order chi connectivity index (χ1) is 13.4. The number of Topliss-reactive ketones (excluding diaryl/α,β-unsaturated/α-hetero) is 1. The van der Waals surface area contributed by atoms with Gasteiger partial charge in [0.1, 0.15) is 11.5 Å². The molecule has 8 heteroatoms. The van der Waals surface area contributed by atoms with Crippen LogP contribution in [-0.4, -0.2) is 60.2 Å². The average molecular weight is 388 g/mol. The van der Waals surface area contributed by atoms with Crippen LogP contribution >= 0.6 is 0 Å². The van der Waals surface area contributed by atoms with Crippen LogP contribution in [0.3, 0.4) is 0 Å². The van der Waals surface area contributed by atoms with Crippen LogP contribution in [0.2, 0.25) is 0 Å². The molecule has 0 bridgehead atoms. The summed E-state index contributed by atoms with van der Waals surface area (Å²) in [4.78, 5) is 52.3. The fourth-order valence-electron chi connectivity index (χ4n) is 3.90. The summed E-state index contributed by atoms with van der Waals surface area (Å²) in [6.07, 6.45) is 3.52. The maximum Gasteiger partial charge on any atom is 0.334 e. The number of methoxy groups -OCH3 is 2. The fourth-order valence-corrected chi connectivity index (χ4v) is 3.90. The number of amides is 4. The molecule has 4 amide bonds. The van der Waals surface area contributed by atoms with Crippen molar-refractivity contribution in [1.29, 1.82) is 0 Å². The molecule has 2 atom stereocenters. The van der Waals surface area contributed by atoms with E-state index in [2.05, 4.69) is 0 Å². The number of hydrogen-bond acceptors (Lipinski definition) is 6. The Morgan fingerprint density at radius 3 is 2.43 bits per heavy atom. The van der Waals surface area contributed by atoms with Gasteiger partial charge in [0.25, 0.3) is 0 Å². The Labute approximate surface area is 163 Å². The van der Waals surface area contributed by atoms with Gasteiger partial charge in [0.2, 0.25) is 0 Å². The van der Waals surface area contributed by atoms with Crippen LogP contribution in [0.4, 0.5) is 4.79 Å². The molecule has 1 saturated heterocycles. The van der Waals surface area contributed by atoms with Crippen LogP contribution in [0, 0.1) is 5.92 Å². The summed E-state index contributed by atoms with van der Waals surface area (Å²) < 4.78 is 10.3. The number of urea groups is 1. The van der Waals surface area contributed by atoms with Crippen molar-refractivity contribution in [3.05, 3.63) is 23.8 Å². The van der Waals surface area contributed by atoms with Crippen molar-refractivity contribution in [2.75, 3.05) is 20.8 Å². The van der Waals surface area contributed by atoms with E-state index in [1.807, 2.05) is 6.92 Å². The molecule has 28 heavy (non-hydrogen) atoms. The highest BCUT2D eigenvalue weighted by atomic mass is 16.5. The number of ketones is 1. The second kappa shape index (κ2) is 8.00. The maximum atomic E-state index is 12.8. The van der Waals surface area contributed by atoms with E-state index in [1.54, 1.807) is 12.1 Å². The minimum atomic E-state index is -0.960. The zero-order valence-corrected chi connectivity index (χ0v) is 16.3. The van der Waals surface area contributed by atoms with E-state index in [9.17, 15) is 19.2 Å². The summed E-state index contributed by atoms with van der Waals surface area (Å²) in [5.41, 5.74) is 0.180. The number of hydrogen-bond donors (Lipinski definition) is 0. The molecular formula is C20H24N2O6. The molecule has 1 aromatic rings. The minimum absolute atomic E-state index is 0.128. The number of ether oxygens (including phenoxy) is 2. The van der Waals surface area contributed by atoms with Crippen molar-refractivity contribution in [3.63, 3.8) is 0 Å². The molecule has 8 nitrogen and oxygen atoms in total. The molecule has 1 aliphatic heterocycles. The van der Waals surface area contributed by atoms with Crippen molar-refractivity contribution in [3.8, 4) is 11.5 Å². The number of imide groups is 2. The smallest absolute Gasteiger partial charge is 0.334 e. The Morgan fingerprint density at radius 1 is 1.07 bits per heavy atom. The molecule has 3 rings (SSSR count). The number of carbonyl (C=O) groups is 4. The van der Waals surface area contributed by atoms with Crippen LogP contribution in [-0.2, 0) is 9.59 Å². The Morgan fingerprint density at radius 2 is 1.79 bits per heavy atom. The van der Waals surface area contributed by atoms with Gasteiger partial charge >= 0.3 is 17.8 Å². The van der Waals surface area contributed by atoms with Crippen LogP contribution in [0.5, 0.6) is 11.5 Å². The van der Waals surface area contributed by atoms with E-state index in [-0.39, 0.29) is 17.5 Å². The highest BCUT2D eigenvalue weighted by Crippen LogP contribution is 2.31. The van der Waals surface area contributed by atoms with Crippen LogP contribution in [0.15, 0.2) is 18.2 Å². The van der Waals surface area contributed by atoms with Gasteiger partial charge in [-0.05, 0) is 37.0 Å². The fraction of sp³-hybridized carbons (Fsp3) is 0.500. The van der Waals surface area contributed by atoms with Gasteiger partial charge in [-0.1, -0.05) is 19.8 Å². The lowest BCUT2D eigenvalue weighted by Crippen LogP contribution is -2.46. The van der Waals surface area contributed by atoms with E-state index in [1.165, 1.54) is 20.3 Å². The van der Waals surface area contributed by atoms with Gasteiger partial charge in [0, 0.05) is 6.04 Å². The second-order valence-corrected chi connectivity index (χ2v) is 7.17. The molecule has 2 fully saturated rings. The normalized spacial score (nSPS) is 22.6. The second-order valence-electron chi connectivity index (χ2n) is 7.17.